The standard InChI is InChI=1S/C13H16BrClN2O/c1-8-6-10(16)4-5-17(8)13(18)11-7-9(15)2-3-12(11)14/h2-3,7-8,10H,4-6,16H2,1H3/t8-,10+/m0/s1. The van der Waals surface area contributed by atoms with Crippen LogP contribution in [0, 0.1) is 0 Å². The van der Waals surface area contributed by atoms with E-state index in [4.69, 9.17) is 17.3 Å². The zero-order valence-corrected chi connectivity index (χ0v) is 12.5. The highest BCUT2D eigenvalue weighted by Gasteiger charge is 2.28. The lowest BCUT2D eigenvalue weighted by Gasteiger charge is -2.36. The van der Waals surface area contributed by atoms with Gasteiger partial charge in [-0.1, -0.05) is 11.6 Å². The first-order valence-corrected chi connectivity index (χ1v) is 7.17. The minimum absolute atomic E-state index is 0.0174. The molecule has 1 heterocycles. The molecule has 1 fully saturated rings. The first-order chi connectivity index (χ1) is 8.49. The summed E-state index contributed by atoms with van der Waals surface area (Å²) in [6.07, 6.45) is 1.71. The molecule has 98 valence electrons. The van der Waals surface area contributed by atoms with Gasteiger partial charge < -0.3 is 10.6 Å². The topological polar surface area (TPSA) is 46.3 Å². The maximum absolute atomic E-state index is 12.5. The Hall–Kier alpha value is -0.580. The van der Waals surface area contributed by atoms with Gasteiger partial charge >= 0.3 is 0 Å². The highest BCUT2D eigenvalue weighted by atomic mass is 79.9. The summed E-state index contributed by atoms with van der Waals surface area (Å²) in [6.45, 7) is 2.75. The van der Waals surface area contributed by atoms with Gasteiger partial charge in [0.1, 0.15) is 0 Å². The molecule has 1 aromatic rings. The zero-order valence-electron chi connectivity index (χ0n) is 10.2. The fourth-order valence-electron chi connectivity index (χ4n) is 2.33. The van der Waals surface area contributed by atoms with Crippen LogP contribution in [0.3, 0.4) is 0 Å². The second-order valence-electron chi connectivity index (χ2n) is 4.76. The van der Waals surface area contributed by atoms with Gasteiger partial charge in [0.25, 0.3) is 5.91 Å². The average molecular weight is 332 g/mol. The maximum Gasteiger partial charge on any atom is 0.255 e. The molecule has 0 spiro atoms. The number of likely N-dealkylation sites (tertiary alicyclic amines) is 1. The number of nitrogens with two attached hydrogens (primary N) is 1. The normalized spacial score (nSPS) is 24.1. The predicted molar refractivity (Wildman–Crippen MR) is 76.9 cm³/mol. The minimum atomic E-state index is 0.0174. The van der Waals surface area contributed by atoms with Crippen LogP contribution in [0.5, 0.6) is 0 Å². The molecule has 1 saturated heterocycles. The molecule has 2 N–H and O–H groups in total. The lowest BCUT2D eigenvalue weighted by molar-refractivity contribution is 0.0618. The number of carbonyl (C=O) groups excluding carboxylic acids is 1. The van der Waals surface area contributed by atoms with Gasteiger partial charge in [0, 0.05) is 28.1 Å². The minimum Gasteiger partial charge on any atom is -0.336 e. The third kappa shape index (κ3) is 2.87. The Morgan fingerprint density at radius 2 is 2.28 bits per heavy atom. The summed E-state index contributed by atoms with van der Waals surface area (Å²) in [5.74, 6) is 0.0174. The van der Waals surface area contributed by atoms with Gasteiger partial charge in [0.15, 0.2) is 0 Å². The van der Waals surface area contributed by atoms with Gasteiger partial charge in [0.2, 0.25) is 0 Å². The van der Waals surface area contributed by atoms with Crippen molar-refractivity contribution in [2.75, 3.05) is 6.54 Å². The summed E-state index contributed by atoms with van der Waals surface area (Å²) in [5, 5.41) is 0.572. The molecule has 0 bridgehead atoms. The molecular weight excluding hydrogens is 316 g/mol. The monoisotopic (exact) mass is 330 g/mol. The SMILES string of the molecule is C[C@H]1C[C@H](N)CCN1C(=O)c1cc(Cl)ccc1Br. The molecule has 2 atom stereocenters. The van der Waals surface area contributed by atoms with E-state index in [1.807, 2.05) is 11.8 Å². The number of hydrogen-bond acceptors (Lipinski definition) is 2. The molecule has 3 nitrogen and oxygen atoms in total. The van der Waals surface area contributed by atoms with Gasteiger partial charge in [-0.05, 0) is 53.9 Å². The molecule has 0 aromatic heterocycles. The van der Waals surface area contributed by atoms with Crippen molar-refractivity contribution in [3.8, 4) is 0 Å². The third-order valence-corrected chi connectivity index (χ3v) is 4.26. The molecular formula is C13H16BrClN2O. The number of amides is 1. The van der Waals surface area contributed by atoms with Crippen LogP contribution in [0.2, 0.25) is 5.02 Å². The predicted octanol–water partition coefficient (Wildman–Crippen LogP) is 3.05. The van der Waals surface area contributed by atoms with E-state index in [1.54, 1.807) is 18.2 Å². The quantitative estimate of drug-likeness (QED) is 0.859. The van der Waals surface area contributed by atoms with Gasteiger partial charge in [-0.2, -0.15) is 0 Å². The number of halogens is 2. The fourth-order valence-corrected chi connectivity index (χ4v) is 2.91. The van der Waals surface area contributed by atoms with Crippen LogP contribution in [0.1, 0.15) is 30.1 Å². The Morgan fingerprint density at radius 1 is 1.56 bits per heavy atom. The number of nitrogens with zero attached hydrogens (tertiary/aromatic N) is 1. The van der Waals surface area contributed by atoms with Crippen LogP contribution in [-0.4, -0.2) is 29.4 Å². The Labute approximate surface area is 120 Å². The van der Waals surface area contributed by atoms with E-state index in [0.717, 1.165) is 17.3 Å². The van der Waals surface area contributed by atoms with Crippen LogP contribution < -0.4 is 5.73 Å². The molecule has 2 rings (SSSR count). The van der Waals surface area contributed by atoms with E-state index in [0.29, 0.717) is 17.1 Å². The van der Waals surface area contributed by atoms with Crippen molar-refractivity contribution >= 4 is 33.4 Å². The number of hydrogen-bond donors (Lipinski definition) is 1. The highest BCUT2D eigenvalue weighted by molar-refractivity contribution is 9.10. The molecule has 1 aliphatic rings. The van der Waals surface area contributed by atoms with Crippen LogP contribution in [0.25, 0.3) is 0 Å². The lowest BCUT2D eigenvalue weighted by atomic mass is 9.98. The van der Waals surface area contributed by atoms with Crippen LogP contribution in [0.15, 0.2) is 22.7 Å². The number of piperidine rings is 1. The number of rotatable bonds is 1. The van der Waals surface area contributed by atoms with Crippen molar-refractivity contribution in [2.24, 2.45) is 5.73 Å². The van der Waals surface area contributed by atoms with Crippen molar-refractivity contribution in [3.63, 3.8) is 0 Å². The van der Waals surface area contributed by atoms with Crippen LogP contribution in [0.4, 0.5) is 0 Å². The summed E-state index contributed by atoms with van der Waals surface area (Å²) >= 11 is 9.35. The van der Waals surface area contributed by atoms with E-state index in [-0.39, 0.29) is 18.0 Å². The Kier molecular flexibility index (Phi) is 4.30. The molecule has 0 radical (unpaired) electrons. The van der Waals surface area contributed by atoms with Gasteiger partial charge in [-0.25, -0.2) is 0 Å². The van der Waals surface area contributed by atoms with E-state index in [9.17, 15) is 4.79 Å². The first-order valence-electron chi connectivity index (χ1n) is 6.00. The third-order valence-electron chi connectivity index (χ3n) is 3.34. The summed E-state index contributed by atoms with van der Waals surface area (Å²) in [6, 6.07) is 5.64. The van der Waals surface area contributed by atoms with Crippen molar-refractivity contribution in [1.82, 2.24) is 4.90 Å². The van der Waals surface area contributed by atoms with Crippen molar-refractivity contribution in [3.05, 3.63) is 33.3 Å². The highest BCUT2D eigenvalue weighted by Crippen LogP contribution is 2.25. The molecule has 0 aliphatic carbocycles. The van der Waals surface area contributed by atoms with Gasteiger partial charge in [-0.15, -0.1) is 0 Å². The first kappa shape index (κ1) is 13.8. The van der Waals surface area contributed by atoms with Crippen molar-refractivity contribution < 1.29 is 4.79 Å². The van der Waals surface area contributed by atoms with E-state index >= 15 is 0 Å². The fraction of sp³-hybridized carbons (Fsp3) is 0.462. The molecule has 1 amide bonds. The summed E-state index contributed by atoms with van der Waals surface area (Å²) in [4.78, 5) is 14.4. The molecule has 0 saturated carbocycles. The van der Waals surface area contributed by atoms with Crippen molar-refractivity contribution in [2.45, 2.75) is 31.8 Å². The molecule has 1 aromatic carbocycles. The Balaban J connectivity index is 2.23. The maximum atomic E-state index is 12.5. The summed E-state index contributed by atoms with van der Waals surface area (Å²) in [7, 11) is 0. The number of benzene rings is 1. The van der Waals surface area contributed by atoms with Gasteiger partial charge in [0.05, 0.1) is 5.56 Å². The lowest BCUT2D eigenvalue weighted by Crippen LogP contribution is -2.48. The Morgan fingerprint density at radius 3 is 2.94 bits per heavy atom. The smallest absolute Gasteiger partial charge is 0.255 e. The van der Waals surface area contributed by atoms with E-state index < -0.39 is 0 Å². The molecule has 18 heavy (non-hydrogen) atoms. The van der Waals surface area contributed by atoms with Crippen molar-refractivity contribution in [1.29, 1.82) is 0 Å². The largest absolute Gasteiger partial charge is 0.336 e. The van der Waals surface area contributed by atoms with E-state index in [1.165, 1.54) is 0 Å². The molecule has 1 aliphatic heterocycles. The van der Waals surface area contributed by atoms with Gasteiger partial charge in [-0.3, -0.25) is 4.79 Å². The molecule has 5 heteroatoms. The number of carbonyl (C=O) groups is 1. The zero-order chi connectivity index (χ0) is 13.3. The van der Waals surface area contributed by atoms with Crippen LogP contribution >= 0.6 is 27.5 Å². The Bertz CT molecular complexity index is 466. The van der Waals surface area contributed by atoms with Crippen LogP contribution in [-0.2, 0) is 0 Å². The second kappa shape index (κ2) is 5.59. The molecule has 0 unspecified atom stereocenters. The van der Waals surface area contributed by atoms with E-state index in [2.05, 4.69) is 15.9 Å². The summed E-state index contributed by atoms with van der Waals surface area (Å²) < 4.78 is 0.777. The summed E-state index contributed by atoms with van der Waals surface area (Å²) in [5.41, 5.74) is 6.53. The average Bonchev–Trinajstić information content (AvgIpc) is 2.31. The second-order valence-corrected chi connectivity index (χ2v) is 6.05.